The molecular weight excluding hydrogens is 270 g/mol. The minimum atomic E-state index is 0.420. The Morgan fingerprint density at radius 1 is 0.750 bits per heavy atom. The molecule has 0 bridgehead atoms. The van der Waals surface area contributed by atoms with Gasteiger partial charge in [0, 0.05) is 12.3 Å². The molecule has 0 unspecified atom stereocenters. The van der Waals surface area contributed by atoms with E-state index in [0.717, 1.165) is 11.3 Å². The Balaban J connectivity index is 1.80. The summed E-state index contributed by atoms with van der Waals surface area (Å²) in [6.45, 7) is 0. The number of halogens is 1. The molecule has 0 N–H and O–H groups in total. The van der Waals surface area contributed by atoms with E-state index in [4.69, 9.17) is 16.3 Å². The molecule has 0 amide bonds. The first kappa shape index (κ1) is 12.7. The summed E-state index contributed by atoms with van der Waals surface area (Å²) in [5.41, 5.74) is 2.34. The van der Waals surface area contributed by atoms with Gasteiger partial charge in [0.1, 0.15) is 16.7 Å². The first-order valence-corrected chi connectivity index (χ1v) is 6.64. The van der Waals surface area contributed by atoms with Crippen LogP contribution < -0.4 is 4.74 Å². The van der Waals surface area contributed by atoms with E-state index in [1.54, 1.807) is 18.3 Å². The van der Waals surface area contributed by atoms with E-state index in [0.29, 0.717) is 10.9 Å². The van der Waals surface area contributed by atoms with E-state index >= 15 is 0 Å². The average molecular weight is 282 g/mol. The van der Waals surface area contributed by atoms with E-state index in [9.17, 15) is 0 Å². The van der Waals surface area contributed by atoms with Crippen molar-refractivity contribution in [3.63, 3.8) is 0 Å². The quantitative estimate of drug-likeness (QED) is 0.616. The normalized spacial score (nSPS) is 10.2. The summed E-state index contributed by atoms with van der Waals surface area (Å²) in [6, 6.07) is 21.6. The molecule has 0 aliphatic rings. The number of benzene rings is 2. The van der Waals surface area contributed by atoms with Gasteiger partial charge in [-0.3, -0.25) is 0 Å². The molecule has 0 saturated heterocycles. The number of aromatic nitrogens is 1. The first-order valence-electron chi connectivity index (χ1n) is 6.26. The number of hydrogen-bond donors (Lipinski definition) is 0. The Morgan fingerprint density at radius 3 is 2.15 bits per heavy atom. The molecule has 0 aliphatic carbocycles. The fourth-order valence-electron chi connectivity index (χ4n) is 1.93. The first-order chi connectivity index (χ1) is 9.81. The van der Waals surface area contributed by atoms with Crippen molar-refractivity contribution < 1.29 is 4.74 Å². The summed E-state index contributed by atoms with van der Waals surface area (Å²) < 4.78 is 5.73. The highest BCUT2D eigenvalue weighted by molar-refractivity contribution is 6.29. The predicted octanol–water partition coefficient (Wildman–Crippen LogP) is 5.19. The van der Waals surface area contributed by atoms with Crippen molar-refractivity contribution in [2.24, 2.45) is 0 Å². The van der Waals surface area contributed by atoms with Gasteiger partial charge >= 0.3 is 0 Å². The Hall–Kier alpha value is -2.32. The Bertz CT molecular complexity index is 696. The van der Waals surface area contributed by atoms with E-state index in [1.165, 1.54) is 5.56 Å². The molecule has 0 saturated carbocycles. The van der Waals surface area contributed by atoms with Crippen LogP contribution in [0.4, 0.5) is 0 Å². The van der Waals surface area contributed by atoms with Gasteiger partial charge in [-0.05, 0) is 29.3 Å². The summed E-state index contributed by atoms with van der Waals surface area (Å²) in [5.74, 6) is 1.45. The van der Waals surface area contributed by atoms with E-state index in [-0.39, 0.29) is 0 Å². The van der Waals surface area contributed by atoms with E-state index in [2.05, 4.69) is 17.1 Å². The molecule has 1 aromatic heterocycles. The lowest BCUT2D eigenvalue weighted by Gasteiger charge is -2.07. The summed E-state index contributed by atoms with van der Waals surface area (Å²) >= 11 is 5.83. The van der Waals surface area contributed by atoms with Gasteiger partial charge in [0.15, 0.2) is 0 Å². The van der Waals surface area contributed by atoms with Crippen LogP contribution in [0.3, 0.4) is 0 Å². The second-order valence-electron chi connectivity index (χ2n) is 4.31. The third kappa shape index (κ3) is 2.98. The number of rotatable bonds is 3. The van der Waals surface area contributed by atoms with Crippen molar-refractivity contribution in [2.75, 3.05) is 0 Å². The molecule has 3 rings (SSSR count). The zero-order chi connectivity index (χ0) is 13.8. The van der Waals surface area contributed by atoms with Gasteiger partial charge < -0.3 is 4.74 Å². The Kier molecular flexibility index (Phi) is 3.66. The molecule has 98 valence electrons. The maximum atomic E-state index is 5.83. The van der Waals surface area contributed by atoms with Crippen molar-refractivity contribution in [2.45, 2.75) is 0 Å². The van der Waals surface area contributed by atoms with Crippen molar-refractivity contribution in [3.05, 3.63) is 78.1 Å². The third-order valence-corrected chi connectivity index (χ3v) is 3.10. The van der Waals surface area contributed by atoms with Crippen LogP contribution in [0.2, 0.25) is 5.15 Å². The lowest BCUT2D eigenvalue weighted by molar-refractivity contribution is 0.482. The van der Waals surface area contributed by atoms with Gasteiger partial charge in [-0.15, -0.1) is 0 Å². The molecule has 3 heteroatoms. The Morgan fingerprint density at radius 2 is 1.45 bits per heavy atom. The lowest BCUT2D eigenvalue weighted by Crippen LogP contribution is -1.85. The van der Waals surface area contributed by atoms with Crippen molar-refractivity contribution in [3.8, 4) is 22.6 Å². The summed E-state index contributed by atoms with van der Waals surface area (Å²) in [5, 5.41) is 0.420. The van der Waals surface area contributed by atoms with Gasteiger partial charge in [0.05, 0.1) is 0 Å². The molecule has 2 nitrogen and oxygen atoms in total. The Labute approximate surface area is 122 Å². The second kappa shape index (κ2) is 5.76. The van der Waals surface area contributed by atoms with Crippen LogP contribution in [-0.2, 0) is 0 Å². The van der Waals surface area contributed by atoms with E-state index < -0.39 is 0 Å². The molecular formula is C17H12ClNO. The third-order valence-electron chi connectivity index (χ3n) is 2.90. The molecule has 0 atom stereocenters. The highest BCUT2D eigenvalue weighted by Gasteiger charge is 2.00. The molecule has 20 heavy (non-hydrogen) atoms. The number of nitrogens with zero attached hydrogens (tertiary/aromatic N) is 1. The molecule has 0 aliphatic heterocycles. The summed E-state index contributed by atoms with van der Waals surface area (Å²) in [4.78, 5) is 3.92. The van der Waals surface area contributed by atoms with Crippen LogP contribution in [0.1, 0.15) is 0 Å². The number of hydrogen-bond acceptors (Lipinski definition) is 2. The minimum Gasteiger partial charge on any atom is -0.457 e. The van der Waals surface area contributed by atoms with Crippen LogP contribution >= 0.6 is 11.6 Å². The van der Waals surface area contributed by atoms with Crippen LogP contribution in [0.5, 0.6) is 11.5 Å². The fourth-order valence-corrected chi connectivity index (χ4v) is 2.09. The molecule has 3 aromatic rings. The number of pyridine rings is 1. The van der Waals surface area contributed by atoms with Gasteiger partial charge in [-0.25, -0.2) is 4.98 Å². The van der Waals surface area contributed by atoms with Gasteiger partial charge in [0.2, 0.25) is 0 Å². The monoisotopic (exact) mass is 281 g/mol. The van der Waals surface area contributed by atoms with Crippen molar-refractivity contribution >= 4 is 11.6 Å². The van der Waals surface area contributed by atoms with E-state index in [1.807, 2.05) is 42.5 Å². The highest BCUT2D eigenvalue weighted by atomic mass is 35.5. The predicted molar refractivity (Wildman–Crippen MR) is 81.2 cm³/mol. The maximum absolute atomic E-state index is 5.83. The molecule has 0 fully saturated rings. The average Bonchev–Trinajstić information content (AvgIpc) is 2.49. The van der Waals surface area contributed by atoms with Crippen LogP contribution in [0.25, 0.3) is 11.1 Å². The van der Waals surface area contributed by atoms with Crippen molar-refractivity contribution in [1.82, 2.24) is 4.98 Å². The molecule has 1 heterocycles. The van der Waals surface area contributed by atoms with Gasteiger partial charge in [-0.1, -0.05) is 54.1 Å². The second-order valence-corrected chi connectivity index (χ2v) is 4.69. The smallest absolute Gasteiger partial charge is 0.132 e. The maximum Gasteiger partial charge on any atom is 0.132 e. The van der Waals surface area contributed by atoms with Crippen molar-refractivity contribution in [1.29, 1.82) is 0 Å². The minimum absolute atomic E-state index is 0.420. The lowest BCUT2D eigenvalue weighted by atomic mass is 10.1. The zero-order valence-electron chi connectivity index (χ0n) is 10.7. The zero-order valence-corrected chi connectivity index (χ0v) is 11.4. The molecule has 0 spiro atoms. The molecule has 2 aromatic carbocycles. The SMILES string of the molecule is Clc1cc(Oc2ccc(-c3ccccc3)cc2)ccn1. The summed E-state index contributed by atoms with van der Waals surface area (Å²) in [6.07, 6.45) is 1.62. The number of ether oxygens (including phenoxy) is 1. The molecule has 0 radical (unpaired) electrons. The topological polar surface area (TPSA) is 22.1 Å². The van der Waals surface area contributed by atoms with Crippen LogP contribution in [-0.4, -0.2) is 4.98 Å². The van der Waals surface area contributed by atoms with Gasteiger partial charge in [-0.2, -0.15) is 0 Å². The highest BCUT2D eigenvalue weighted by Crippen LogP contribution is 2.26. The fraction of sp³-hybridized carbons (Fsp3) is 0. The largest absolute Gasteiger partial charge is 0.457 e. The summed E-state index contributed by atoms with van der Waals surface area (Å²) in [7, 11) is 0. The van der Waals surface area contributed by atoms with Crippen LogP contribution in [0, 0.1) is 0 Å². The van der Waals surface area contributed by atoms with Gasteiger partial charge in [0.25, 0.3) is 0 Å². The standard InChI is InChI=1S/C17H12ClNO/c18-17-12-16(10-11-19-17)20-15-8-6-14(7-9-15)13-4-2-1-3-5-13/h1-12H. The van der Waals surface area contributed by atoms with Crippen LogP contribution in [0.15, 0.2) is 72.9 Å².